The standard InChI is InChI=1S/C11H15Cl3O4/c1-4-17-8(15)5-9(16)18-7(3)10(12)6(2)11(13)14/h7,11H,4-5H2,1-3H3. The Hall–Kier alpha value is -0.450. The van der Waals surface area contributed by atoms with E-state index in [-0.39, 0.29) is 11.6 Å². The molecule has 0 radical (unpaired) electrons. The van der Waals surface area contributed by atoms with E-state index in [4.69, 9.17) is 39.5 Å². The zero-order valence-electron chi connectivity index (χ0n) is 10.3. The second kappa shape index (κ2) is 8.62. The van der Waals surface area contributed by atoms with Gasteiger partial charge in [-0.3, -0.25) is 9.59 Å². The molecular weight excluding hydrogens is 302 g/mol. The molecule has 0 heterocycles. The Morgan fingerprint density at radius 3 is 2.22 bits per heavy atom. The van der Waals surface area contributed by atoms with Crippen LogP contribution in [0, 0.1) is 0 Å². The van der Waals surface area contributed by atoms with Crippen molar-refractivity contribution in [3.63, 3.8) is 0 Å². The number of ether oxygens (including phenoxy) is 2. The third-order valence-corrected chi connectivity index (χ3v) is 3.22. The summed E-state index contributed by atoms with van der Waals surface area (Å²) in [5.74, 6) is -1.35. The molecule has 0 rings (SSSR count). The van der Waals surface area contributed by atoms with Crippen molar-refractivity contribution in [3.05, 3.63) is 10.6 Å². The summed E-state index contributed by atoms with van der Waals surface area (Å²) in [5.41, 5.74) is 0.497. The summed E-state index contributed by atoms with van der Waals surface area (Å²) >= 11 is 17.2. The number of esters is 2. The molecule has 4 nitrogen and oxygen atoms in total. The van der Waals surface area contributed by atoms with Crippen LogP contribution in [0.1, 0.15) is 27.2 Å². The first-order chi connectivity index (χ1) is 8.29. The van der Waals surface area contributed by atoms with E-state index < -0.39 is 29.3 Å². The van der Waals surface area contributed by atoms with Crippen LogP contribution in [-0.4, -0.2) is 29.5 Å². The first-order valence-electron chi connectivity index (χ1n) is 5.29. The van der Waals surface area contributed by atoms with Gasteiger partial charge < -0.3 is 9.47 Å². The summed E-state index contributed by atoms with van der Waals surface area (Å²) in [6.07, 6.45) is -1.17. The van der Waals surface area contributed by atoms with Crippen LogP contribution in [-0.2, 0) is 19.1 Å². The summed E-state index contributed by atoms with van der Waals surface area (Å²) < 4.78 is 9.57. The van der Waals surface area contributed by atoms with E-state index >= 15 is 0 Å². The third-order valence-electron chi connectivity index (χ3n) is 1.96. The minimum atomic E-state index is -0.774. The molecule has 0 bridgehead atoms. The van der Waals surface area contributed by atoms with Crippen molar-refractivity contribution in [2.24, 2.45) is 0 Å². The topological polar surface area (TPSA) is 52.6 Å². The fraction of sp³-hybridized carbons (Fsp3) is 0.636. The van der Waals surface area contributed by atoms with E-state index in [1.54, 1.807) is 20.8 Å². The Labute approximate surface area is 121 Å². The van der Waals surface area contributed by atoms with Gasteiger partial charge in [0.1, 0.15) is 17.4 Å². The summed E-state index contributed by atoms with van der Waals surface area (Å²) in [5, 5.41) is 0.238. The lowest BCUT2D eigenvalue weighted by Crippen LogP contribution is -2.20. The molecule has 18 heavy (non-hydrogen) atoms. The maximum atomic E-state index is 11.4. The van der Waals surface area contributed by atoms with Crippen LogP contribution in [0.2, 0.25) is 0 Å². The van der Waals surface area contributed by atoms with Gasteiger partial charge in [0.25, 0.3) is 0 Å². The van der Waals surface area contributed by atoms with Gasteiger partial charge in [-0.05, 0) is 26.3 Å². The zero-order chi connectivity index (χ0) is 14.3. The summed E-state index contributed by atoms with van der Waals surface area (Å²) in [6, 6.07) is 0. The number of rotatable bonds is 6. The fourth-order valence-corrected chi connectivity index (χ4v) is 1.55. The van der Waals surface area contributed by atoms with Crippen LogP contribution in [0.4, 0.5) is 0 Å². The van der Waals surface area contributed by atoms with Crippen molar-refractivity contribution >= 4 is 46.7 Å². The molecule has 0 saturated heterocycles. The zero-order valence-corrected chi connectivity index (χ0v) is 12.6. The van der Waals surface area contributed by atoms with Crippen molar-refractivity contribution in [3.8, 4) is 0 Å². The predicted molar refractivity (Wildman–Crippen MR) is 70.9 cm³/mol. The Morgan fingerprint density at radius 2 is 1.78 bits per heavy atom. The monoisotopic (exact) mass is 316 g/mol. The van der Waals surface area contributed by atoms with Gasteiger partial charge in [0.05, 0.1) is 11.6 Å². The predicted octanol–water partition coefficient (Wildman–Crippen LogP) is 3.19. The second-order valence-corrected chi connectivity index (χ2v) is 4.95. The minimum absolute atomic E-state index is 0.210. The lowest BCUT2D eigenvalue weighted by Gasteiger charge is -2.15. The largest absolute Gasteiger partial charge is 0.466 e. The Bertz CT molecular complexity index is 339. The van der Waals surface area contributed by atoms with Crippen molar-refractivity contribution in [2.45, 2.75) is 38.1 Å². The molecule has 0 N–H and O–H groups in total. The van der Waals surface area contributed by atoms with Crippen molar-refractivity contribution in [1.82, 2.24) is 0 Å². The molecule has 0 aliphatic heterocycles. The molecule has 0 aliphatic rings. The molecule has 1 unspecified atom stereocenters. The number of alkyl halides is 2. The molecule has 1 atom stereocenters. The smallest absolute Gasteiger partial charge is 0.317 e. The van der Waals surface area contributed by atoms with Gasteiger partial charge in [-0.25, -0.2) is 0 Å². The number of carbonyl (C=O) groups is 2. The van der Waals surface area contributed by atoms with Crippen LogP contribution in [0.25, 0.3) is 0 Å². The van der Waals surface area contributed by atoms with Crippen molar-refractivity contribution < 1.29 is 19.1 Å². The average Bonchev–Trinajstić information content (AvgIpc) is 2.26. The lowest BCUT2D eigenvalue weighted by atomic mass is 10.2. The molecule has 0 fully saturated rings. The van der Waals surface area contributed by atoms with Crippen LogP contribution in [0.15, 0.2) is 10.6 Å². The molecule has 7 heteroatoms. The quantitative estimate of drug-likeness (QED) is 0.429. The van der Waals surface area contributed by atoms with E-state index in [1.807, 2.05) is 0 Å². The van der Waals surface area contributed by atoms with Crippen LogP contribution < -0.4 is 0 Å². The van der Waals surface area contributed by atoms with Crippen molar-refractivity contribution in [1.29, 1.82) is 0 Å². The SMILES string of the molecule is CCOC(=O)CC(=O)OC(C)C(Cl)=C(C)C(Cl)Cl. The number of allylic oxidation sites excluding steroid dienone is 1. The van der Waals surface area contributed by atoms with E-state index in [1.165, 1.54) is 0 Å². The highest BCUT2D eigenvalue weighted by Crippen LogP contribution is 2.24. The maximum Gasteiger partial charge on any atom is 0.317 e. The molecule has 104 valence electrons. The highest BCUT2D eigenvalue weighted by Gasteiger charge is 2.19. The van der Waals surface area contributed by atoms with Gasteiger partial charge in [-0.15, -0.1) is 23.2 Å². The fourth-order valence-electron chi connectivity index (χ4n) is 1.05. The highest BCUT2D eigenvalue weighted by atomic mass is 35.5. The Morgan fingerprint density at radius 1 is 1.22 bits per heavy atom. The first-order valence-corrected chi connectivity index (χ1v) is 6.54. The van der Waals surface area contributed by atoms with Gasteiger partial charge in [0.15, 0.2) is 0 Å². The highest BCUT2D eigenvalue weighted by molar-refractivity contribution is 6.47. The second-order valence-electron chi connectivity index (χ2n) is 3.45. The normalized spacial score (nSPS) is 13.9. The van der Waals surface area contributed by atoms with Crippen LogP contribution >= 0.6 is 34.8 Å². The van der Waals surface area contributed by atoms with Gasteiger partial charge in [-0.2, -0.15) is 0 Å². The van der Waals surface area contributed by atoms with E-state index in [0.717, 1.165) is 0 Å². The molecule has 0 amide bonds. The molecule has 0 aliphatic carbocycles. The number of hydrogen-bond acceptors (Lipinski definition) is 4. The summed E-state index contributed by atoms with van der Waals surface area (Å²) in [4.78, 5) is 21.6. The molecule has 0 spiro atoms. The van der Waals surface area contributed by atoms with Gasteiger partial charge in [0, 0.05) is 0 Å². The van der Waals surface area contributed by atoms with Crippen LogP contribution in [0.3, 0.4) is 0 Å². The molecule has 0 aromatic carbocycles. The Balaban J connectivity index is 4.40. The minimum Gasteiger partial charge on any atom is -0.466 e. The number of hydrogen-bond donors (Lipinski definition) is 0. The molecular formula is C11H15Cl3O4. The Kier molecular flexibility index (Phi) is 8.40. The number of carbonyl (C=O) groups excluding carboxylic acids is 2. The van der Waals surface area contributed by atoms with Gasteiger partial charge >= 0.3 is 11.9 Å². The summed E-state index contributed by atoms with van der Waals surface area (Å²) in [6.45, 7) is 5.05. The van der Waals surface area contributed by atoms with Crippen molar-refractivity contribution in [2.75, 3.05) is 6.61 Å². The summed E-state index contributed by atoms with van der Waals surface area (Å²) in [7, 11) is 0. The van der Waals surface area contributed by atoms with E-state index in [9.17, 15) is 9.59 Å². The third kappa shape index (κ3) is 6.47. The maximum absolute atomic E-state index is 11.4. The van der Waals surface area contributed by atoms with Gasteiger partial charge in [-0.1, -0.05) is 11.6 Å². The average molecular weight is 318 g/mol. The van der Waals surface area contributed by atoms with Crippen LogP contribution in [0.5, 0.6) is 0 Å². The molecule has 0 aromatic heterocycles. The molecule has 0 aromatic rings. The molecule has 0 saturated carbocycles. The lowest BCUT2D eigenvalue weighted by molar-refractivity contribution is -0.155. The number of halogens is 3. The first kappa shape index (κ1) is 17.6. The van der Waals surface area contributed by atoms with Gasteiger partial charge in [0.2, 0.25) is 0 Å². The van der Waals surface area contributed by atoms with E-state index in [2.05, 4.69) is 4.74 Å². The van der Waals surface area contributed by atoms with E-state index in [0.29, 0.717) is 5.57 Å².